The van der Waals surface area contributed by atoms with Crippen LogP contribution in [0.3, 0.4) is 0 Å². The minimum Gasteiger partial charge on any atom is -0.353 e. The topological polar surface area (TPSA) is 61.6 Å². The number of nitrogens with one attached hydrogen (secondary N) is 1. The Hall–Kier alpha value is -2.67. The summed E-state index contributed by atoms with van der Waals surface area (Å²) >= 11 is 0. The second-order valence-corrected chi connectivity index (χ2v) is 6.92. The number of nitrogens with zero attached hydrogens (tertiary/aromatic N) is 6. The van der Waals surface area contributed by atoms with Crippen molar-refractivity contribution in [1.29, 1.82) is 0 Å². The van der Waals surface area contributed by atoms with E-state index in [4.69, 9.17) is 4.99 Å². The predicted molar refractivity (Wildman–Crippen MR) is 113 cm³/mol. The summed E-state index contributed by atoms with van der Waals surface area (Å²) in [7, 11) is 0. The first-order valence-corrected chi connectivity index (χ1v) is 10.1. The molecule has 1 saturated heterocycles. The van der Waals surface area contributed by atoms with E-state index in [9.17, 15) is 0 Å². The van der Waals surface area contributed by atoms with Gasteiger partial charge in [-0.15, -0.1) is 16.8 Å². The lowest BCUT2D eigenvalue weighted by Gasteiger charge is -2.36. The molecule has 1 N–H and O–H groups in total. The van der Waals surface area contributed by atoms with E-state index in [1.54, 1.807) is 6.33 Å². The van der Waals surface area contributed by atoms with Gasteiger partial charge in [0.25, 0.3) is 0 Å². The van der Waals surface area contributed by atoms with Crippen molar-refractivity contribution in [3.63, 3.8) is 0 Å². The molecule has 1 aliphatic heterocycles. The van der Waals surface area contributed by atoms with Gasteiger partial charge >= 0.3 is 0 Å². The first-order valence-electron chi connectivity index (χ1n) is 10.1. The van der Waals surface area contributed by atoms with Crippen molar-refractivity contribution in [2.45, 2.75) is 26.4 Å². The van der Waals surface area contributed by atoms with Gasteiger partial charge < -0.3 is 14.8 Å². The number of rotatable bonds is 8. The van der Waals surface area contributed by atoms with E-state index in [2.05, 4.69) is 73.7 Å². The largest absolute Gasteiger partial charge is 0.353 e. The summed E-state index contributed by atoms with van der Waals surface area (Å²) in [5.41, 5.74) is 1.37. The molecule has 150 valence electrons. The molecule has 1 aromatic carbocycles. The molecule has 0 radical (unpaired) electrons. The Labute approximate surface area is 167 Å². The van der Waals surface area contributed by atoms with Gasteiger partial charge in [-0.1, -0.05) is 43.3 Å². The van der Waals surface area contributed by atoms with Crippen LogP contribution in [-0.4, -0.2) is 69.8 Å². The highest BCUT2D eigenvalue weighted by Gasteiger charge is 2.19. The summed E-state index contributed by atoms with van der Waals surface area (Å²) < 4.78 is 2.08. The third-order valence-electron chi connectivity index (χ3n) is 4.94. The maximum absolute atomic E-state index is 4.83. The normalized spacial score (nSPS) is 15.6. The van der Waals surface area contributed by atoms with Gasteiger partial charge in [-0.05, 0) is 5.56 Å². The van der Waals surface area contributed by atoms with Crippen LogP contribution in [0.15, 0.2) is 54.3 Å². The first kappa shape index (κ1) is 20.1. The molecule has 1 fully saturated rings. The van der Waals surface area contributed by atoms with Crippen molar-refractivity contribution >= 4 is 5.96 Å². The maximum Gasteiger partial charge on any atom is 0.194 e. The minimum atomic E-state index is 0.703. The summed E-state index contributed by atoms with van der Waals surface area (Å²) in [5.74, 6) is 1.97. The SMILES string of the molecule is C=CCNC(=NCCn1cnnc1CC)N1CCN(Cc2ccccc2)CC1. The zero-order chi connectivity index (χ0) is 19.6. The summed E-state index contributed by atoms with van der Waals surface area (Å²) in [6.07, 6.45) is 4.54. The smallest absolute Gasteiger partial charge is 0.194 e. The van der Waals surface area contributed by atoms with Crippen LogP contribution in [0.25, 0.3) is 0 Å². The van der Waals surface area contributed by atoms with Gasteiger partial charge in [-0.2, -0.15) is 0 Å². The molecule has 3 rings (SSSR count). The van der Waals surface area contributed by atoms with Gasteiger partial charge in [0.2, 0.25) is 0 Å². The molecular formula is C21H31N7. The van der Waals surface area contributed by atoms with Crippen LogP contribution in [0.5, 0.6) is 0 Å². The van der Waals surface area contributed by atoms with Gasteiger partial charge in [-0.3, -0.25) is 9.89 Å². The Balaban J connectivity index is 1.53. The monoisotopic (exact) mass is 381 g/mol. The molecule has 0 amide bonds. The summed E-state index contributed by atoms with van der Waals surface area (Å²) in [5, 5.41) is 11.5. The molecule has 0 unspecified atom stereocenters. The van der Waals surface area contributed by atoms with Gasteiger partial charge in [0.15, 0.2) is 5.96 Å². The number of aliphatic imine (C=N–C) groups is 1. The highest BCUT2D eigenvalue weighted by Crippen LogP contribution is 2.08. The van der Waals surface area contributed by atoms with Crippen LogP contribution in [0, 0.1) is 0 Å². The van der Waals surface area contributed by atoms with E-state index < -0.39 is 0 Å². The lowest BCUT2D eigenvalue weighted by Crippen LogP contribution is -2.52. The molecule has 0 atom stereocenters. The molecule has 1 aromatic heterocycles. The summed E-state index contributed by atoms with van der Waals surface area (Å²) in [4.78, 5) is 9.68. The lowest BCUT2D eigenvalue weighted by atomic mass is 10.2. The number of aryl methyl sites for hydroxylation is 1. The molecule has 0 bridgehead atoms. The first-order chi connectivity index (χ1) is 13.8. The van der Waals surface area contributed by atoms with Crippen molar-refractivity contribution in [2.24, 2.45) is 4.99 Å². The highest BCUT2D eigenvalue weighted by molar-refractivity contribution is 5.80. The van der Waals surface area contributed by atoms with E-state index in [0.717, 1.165) is 64.0 Å². The summed E-state index contributed by atoms with van der Waals surface area (Å²) in [6.45, 7) is 13.2. The molecule has 0 saturated carbocycles. The summed E-state index contributed by atoms with van der Waals surface area (Å²) in [6, 6.07) is 10.7. The second-order valence-electron chi connectivity index (χ2n) is 6.92. The van der Waals surface area contributed by atoms with Crippen molar-refractivity contribution in [3.8, 4) is 0 Å². The third kappa shape index (κ3) is 5.66. The number of aromatic nitrogens is 3. The van der Waals surface area contributed by atoms with E-state index in [1.807, 2.05) is 6.08 Å². The molecule has 2 heterocycles. The van der Waals surface area contributed by atoms with Gasteiger partial charge in [0, 0.05) is 52.2 Å². The number of piperazine rings is 1. The number of hydrogen-bond donors (Lipinski definition) is 1. The number of hydrogen-bond acceptors (Lipinski definition) is 4. The number of benzene rings is 1. The molecular weight excluding hydrogens is 350 g/mol. The fourth-order valence-electron chi connectivity index (χ4n) is 3.39. The highest BCUT2D eigenvalue weighted by atomic mass is 15.3. The van der Waals surface area contributed by atoms with Crippen LogP contribution in [0.1, 0.15) is 18.3 Å². The van der Waals surface area contributed by atoms with E-state index in [1.165, 1.54) is 5.56 Å². The second kappa shape index (κ2) is 10.6. The standard InChI is InChI=1S/C21H31N7/c1-3-10-22-21(23-11-12-28-18-24-25-20(28)4-2)27-15-13-26(14-16-27)17-19-8-6-5-7-9-19/h3,5-9,18H,1,4,10-17H2,2H3,(H,22,23). The van der Waals surface area contributed by atoms with Crippen molar-refractivity contribution in [1.82, 2.24) is 29.9 Å². The molecule has 7 nitrogen and oxygen atoms in total. The fourth-order valence-corrected chi connectivity index (χ4v) is 3.39. The van der Waals surface area contributed by atoms with Crippen LogP contribution >= 0.6 is 0 Å². The van der Waals surface area contributed by atoms with Crippen molar-refractivity contribution < 1.29 is 0 Å². The fraction of sp³-hybridized carbons (Fsp3) is 0.476. The van der Waals surface area contributed by atoms with E-state index >= 15 is 0 Å². The molecule has 0 spiro atoms. The Morgan fingerprint density at radius 3 is 2.71 bits per heavy atom. The van der Waals surface area contributed by atoms with Gasteiger partial charge in [0.1, 0.15) is 12.2 Å². The van der Waals surface area contributed by atoms with Crippen LogP contribution in [-0.2, 0) is 19.5 Å². The quantitative estimate of drug-likeness (QED) is 0.429. The molecule has 28 heavy (non-hydrogen) atoms. The Morgan fingerprint density at radius 1 is 1.21 bits per heavy atom. The Kier molecular flexibility index (Phi) is 7.61. The number of guanidine groups is 1. The molecule has 1 aliphatic rings. The maximum atomic E-state index is 4.83. The van der Waals surface area contributed by atoms with Gasteiger partial charge in [-0.25, -0.2) is 0 Å². The average molecular weight is 382 g/mol. The zero-order valence-electron chi connectivity index (χ0n) is 16.8. The lowest BCUT2D eigenvalue weighted by molar-refractivity contribution is 0.172. The van der Waals surface area contributed by atoms with Crippen LogP contribution < -0.4 is 5.32 Å². The van der Waals surface area contributed by atoms with E-state index in [-0.39, 0.29) is 0 Å². The average Bonchev–Trinajstić information content (AvgIpc) is 3.19. The molecule has 0 aliphatic carbocycles. The predicted octanol–water partition coefficient (Wildman–Crippen LogP) is 1.79. The van der Waals surface area contributed by atoms with E-state index in [0.29, 0.717) is 6.54 Å². The van der Waals surface area contributed by atoms with Crippen LogP contribution in [0.2, 0.25) is 0 Å². The van der Waals surface area contributed by atoms with Crippen molar-refractivity contribution in [3.05, 3.63) is 60.7 Å². The van der Waals surface area contributed by atoms with Gasteiger partial charge in [0.05, 0.1) is 6.54 Å². The molecule has 7 heteroatoms. The van der Waals surface area contributed by atoms with Crippen LogP contribution in [0.4, 0.5) is 0 Å². The zero-order valence-corrected chi connectivity index (χ0v) is 16.8. The minimum absolute atomic E-state index is 0.703. The third-order valence-corrected chi connectivity index (χ3v) is 4.94. The Morgan fingerprint density at radius 2 is 2.00 bits per heavy atom. The van der Waals surface area contributed by atoms with Crippen molar-refractivity contribution in [2.75, 3.05) is 39.3 Å². The molecule has 2 aromatic rings. The Bertz CT molecular complexity index is 745.